The molecule has 0 aliphatic heterocycles. The highest BCUT2D eigenvalue weighted by molar-refractivity contribution is 5.76. The summed E-state index contributed by atoms with van der Waals surface area (Å²) in [5.41, 5.74) is 0.631. The average molecular weight is 544 g/mol. The Morgan fingerprint density at radius 3 is 2.03 bits per heavy atom. The summed E-state index contributed by atoms with van der Waals surface area (Å²) in [6.45, 7) is 3.63. The van der Waals surface area contributed by atoms with Gasteiger partial charge in [0.05, 0.1) is 25.3 Å². The minimum atomic E-state index is -4.98. The van der Waals surface area contributed by atoms with Crippen LogP contribution in [0, 0.1) is 0 Å². The molecule has 0 bridgehead atoms. The molecule has 1 aliphatic rings. The molecular weight excluding hydrogens is 512 g/mol. The molecule has 0 saturated heterocycles. The molecule has 0 spiro atoms. The van der Waals surface area contributed by atoms with Gasteiger partial charge in [0.1, 0.15) is 5.75 Å². The van der Waals surface area contributed by atoms with Gasteiger partial charge in [-0.3, -0.25) is 4.90 Å². The molecule has 0 aromatic heterocycles. The molecule has 2 aromatic rings. The summed E-state index contributed by atoms with van der Waals surface area (Å²) < 4.78 is 90.7. The molecule has 3 rings (SSSR count). The molecule has 0 atom stereocenters. The number of methoxy groups -OCH3 is 2. The van der Waals surface area contributed by atoms with Gasteiger partial charge in [0.25, 0.3) is 0 Å². The number of allylic oxidation sites excluding steroid dienone is 1. The molecule has 38 heavy (non-hydrogen) atoms. The van der Waals surface area contributed by atoms with Gasteiger partial charge in [0.15, 0.2) is 0 Å². The first-order valence-electron chi connectivity index (χ1n) is 12.2. The zero-order valence-corrected chi connectivity index (χ0v) is 21.7. The number of carbonyl (C=O) groups excluding carboxylic acids is 1. The van der Waals surface area contributed by atoms with Crippen molar-refractivity contribution >= 4 is 11.7 Å². The van der Waals surface area contributed by atoms with Crippen molar-refractivity contribution in [1.29, 1.82) is 0 Å². The fraction of sp³-hybridized carbons (Fsp3) is 0.464. The number of amides is 1. The van der Waals surface area contributed by atoms with Crippen LogP contribution in [-0.4, -0.2) is 31.8 Å². The second-order valence-corrected chi connectivity index (χ2v) is 9.64. The second kappa shape index (κ2) is 11.7. The van der Waals surface area contributed by atoms with Gasteiger partial charge >= 0.3 is 18.4 Å². The minimum Gasteiger partial charge on any atom is -0.496 e. The monoisotopic (exact) mass is 543 g/mol. The Labute approximate surface area is 218 Å². The van der Waals surface area contributed by atoms with E-state index in [9.17, 15) is 31.1 Å². The number of ether oxygens (including phenoxy) is 2. The SMILES string of the molecule is COC(=O)N(CC1=C(c2cc(C(C)C)ccc2OC)CCCC1)Cc1cc(C(F)(F)F)cc(C(F)(F)F)c1. The van der Waals surface area contributed by atoms with Crippen LogP contribution in [0.25, 0.3) is 5.57 Å². The summed E-state index contributed by atoms with van der Waals surface area (Å²) in [6.07, 6.45) is -7.77. The first-order valence-corrected chi connectivity index (χ1v) is 12.2. The number of carbonyl (C=O) groups is 1. The van der Waals surface area contributed by atoms with Crippen LogP contribution in [0.2, 0.25) is 0 Å². The molecule has 2 aromatic carbocycles. The van der Waals surface area contributed by atoms with Crippen LogP contribution in [-0.2, 0) is 23.6 Å². The summed E-state index contributed by atoms with van der Waals surface area (Å²) in [7, 11) is 2.68. The van der Waals surface area contributed by atoms with E-state index in [-0.39, 0.29) is 24.1 Å². The van der Waals surface area contributed by atoms with E-state index in [4.69, 9.17) is 9.47 Å². The van der Waals surface area contributed by atoms with Crippen LogP contribution in [0.5, 0.6) is 5.75 Å². The van der Waals surface area contributed by atoms with E-state index in [0.29, 0.717) is 30.7 Å². The molecule has 4 nitrogen and oxygen atoms in total. The molecule has 10 heteroatoms. The van der Waals surface area contributed by atoms with Gasteiger partial charge in [-0.15, -0.1) is 0 Å². The maximum atomic E-state index is 13.4. The zero-order chi connectivity index (χ0) is 28.3. The Hall–Kier alpha value is -3.17. The fourth-order valence-electron chi connectivity index (χ4n) is 4.66. The summed E-state index contributed by atoms with van der Waals surface area (Å²) in [4.78, 5) is 13.8. The van der Waals surface area contributed by atoms with E-state index in [1.54, 1.807) is 7.11 Å². The quantitative estimate of drug-likeness (QED) is 0.329. The highest BCUT2D eigenvalue weighted by Crippen LogP contribution is 2.40. The maximum Gasteiger partial charge on any atom is 0.416 e. The predicted molar refractivity (Wildman–Crippen MR) is 132 cm³/mol. The van der Waals surface area contributed by atoms with Crippen LogP contribution in [0.3, 0.4) is 0 Å². The van der Waals surface area contributed by atoms with Gasteiger partial charge in [-0.25, -0.2) is 4.79 Å². The zero-order valence-electron chi connectivity index (χ0n) is 21.7. The van der Waals surface area contributed by atoms with Crippen LogP contribution in [0.4, 0.5) is 31.1 Å². The number of hydrogen-bond acceptors (Lipinski definition) is 3. The Morgan fingerprint density at radius 1 is 0.895 bits per heavy atom. The van der Waals surface area contributed by atoms with Crippen molar-refractivity contribution in [3.05, 3.63) is 69.8 Å². The lowest BCUT2D eigenvalue weighted by Gasteiger charge is -2.28. The topological polar surface area (TPSA) is 38.8 Å². The molecule has 208 valence electrons. The molecule has 0 saturated carbocycles. The van der Waals surface area contributed by atoms with Crippen LogP contribution < -0.4 is 4.74 Å². The van der Waals surface area contributed by atoms with E-state index in [1.165, 1.54) is 0 Å². The Kier molecular flexibility index (Phi) is 9.05. The third-order valence-electron chi connectivity index (χ3n) is 6.63. The summed E-state index contributed by atoms with van der Waals surface area (Å²) in [5.74, 6) is 0.906. The standard InChI is InChI=1S/C28H31F6NO3/c1-17(2)19-9-10-25(37-3)24(13-19)23-8-6-5-7-20(23)16-35(26(36)38-4)15-18-11-21(27(29,30)31)14-22(12-18)28(32,33)34/h9-14,17H,5-8,15-16H2,1-4H3. The largest absolute Gasteiger partial charge is 0.496 e. The van der Waals surface area contributed by atoms with Gasteiger partial charge in [-0.05, 0) is 84.2 Å². The smallest absolute Gasteiger partial charge is 0.416 e. The van der Waals surface area contributed by atoms with Crippen molar-refractivity contribution in [2.75, 3.05) is 20.8 Å². The van der Waals surface area contributed by atoms with E-state index < -0.39 is 36.1 Å². The van der Waals surface area contributed by atoms with E-state index in [0.717, 1.165) is 47.1 Å². The molecule has 0 unspecified atom stereocenters. The van der Waals surface area contributed by atoms with Gasteiger partial charge in [-0.2, -0.15) is 26.3 Å². The molecule has 0 radical (unpaired) electrons. The van der Waals surface area contributed by atoms with Crippen LogP contribution in [0.15, 0.2) is 42.0 Å². The molecule has 1 aliphatic carbocycles. The average Bonchev–Trinajstić information content (AvgIpc) is 2.86. The third kappa shape index (κ3) is 7.02. The molecule has 0 fully saturated rings. The number of alkyl halides is 6. The van der Waals surface area contributed by atoms with Crippen LogP contribution >= 0.6 is 0 Å². The van der Waals surface area contributed by atoms with Crippen molar-refractivity contribution in [3.8, 4) is 5.75 Å². The Balaban J connectivity index is 2.06. The number of nitrogens with zero attached hydrogens (tertiary/aromatic N) is 1. The summed E-state index contributed by atoms with van der Waals surface area (Å²) in [6, 6.07) is 7.23. The van der Waals surface area contributed by atoms with Crippen molar-refractivity contribution in [2.45, 2.75) is 64.3 Å². The summed E-state index contributed by atoms with van der Waals surface area (Å²) >= 11 is 0. The Bertz CT molecular complexity index is 1150. The maximum absolute atomic E-state index is 13.4. The molecule has 1 amide bonds. The third-order valence-corrected chi connectivity index (χ3v) is 6.63. The van der Waals surface area contributed by atoms with Crippen molar-refractivity contribution < 1.29 is 40.6 Å². The first-order chi connectivity index (χ1) is 17.7. The normalized spacial score (nSPS) is 14.6. The number of halogens is 6. The fourth-order valence-corrected chi connectivity index (χ4v) is 4.66. The second-order valence-electron chi connectivity index (χ2n) is 9.64. The van der Waals surface area contributed by atoms with Gasteiger partial charge in [0.2, 0.25) is 0 Å². The van der Waals surface area contributed by atoms with Gasteiger partial charge in [-0.1, -0.05) is 19.9 Å². The lowest BCUT2D eigenvalue weighted by molar-refractivity contribution is -0.143. The first kappa shape index (κ1) is 29.4. The van der Waals surface area contributed by atoms with Crippen LogP contribution in [0.1, 0.15) is 73.3 Å². The van der Waals surface area contributed by atoms with Gasteiger partial charge in [0, 0.05) is 18.7 Å². The molecular formula is C28H31F6NO3. The molecule has 0 N–H and O–H groups in total. The van der Waals surface area contributed by atoms with E-state index in [2.05, 4.69) is 13.8 Å². The van der Waals surface area contributed by atoms with E-state index >= 15 is 0 Å². The highest BCUT2D eigenvalue weighted by Gasteiger charge is 2.37. The number of hydrogen-bond donors (Lipinski definition) is 0. The number of benzene rings is 2. The minimum absolute atomic E-state index is 0.00529. The lowest BCUT2D eigenvalue weighted by Crippen LogP contribution is -2.33. The van der Waals surface area contributed by atoms with Crippen molar-refractivity contribution in [3.63, 3.8) is 0 Å². The number of rotatable bonds is 7. The van der Waals surface area contributed by atoms with Gasteiger partial charge < -0.3 is 9.47 Å². The van der Waals surface area contributed by atoms with Crippen molar-refractivity contribution in [2.24, 2.45) is 0 Å². The van der Waals surface area contributed by atoms with Crippen molar-refractivity contribution in [1.82, 2.24) is 4.90 Å². The predicted octanol–water partition coefficient (Wildman–Crippen LogP) is 8.45. The highest BCUT2D eigenvalue weighted by atomic mass is 19.4. The molecule has 0 heterocycles. The lowest BCUT2D eigenvalue weighted by atomic mass is 9.85. The Morgan fingerprint density at radius 2 is 1.50 bits per heavy atom. The summed E-state index contributed by atoms with van der Waals surface area (Å²) in [5, 5.41) is 0. The van der Waals surface area contributed by atoms with E-state index in [1.807, 2.05) is 18.2 Å².